The van der Waals surface area contributed by atoms with E-state index in [4.69, 9.17) is 4.74 Å². The normalized spacial score (nSPS) is 32.0. The van der Waals surface area contributed by atoms with Crippen molar-refractivity contribution in [1.29, 1.82) is 0 Å². The van der Waals surface area contributed by atoms with Gasteiger partial charge >= 0.3 is 5.97 Å². The monoisotopic (exact) mass is 510 g/mol. The lowest BCUT2D eigenvalue weighted by atomic mass is 9.78. The lowest BCUT2D eigenvalue weighted by Crippen LogP contribution is -2.57. The Balaban J connectivity index is 1.57. The second kappa shape index (κ2) is 10.4. The van der Waals surface area contributed by atoms with E-state index in [1.54, 1.807) is 4.90 Å². The van der Waals surface area contributed by atoms with Crippen molar-refractivity contribution >= 4 is 29.5 Å². The third kappa shape index (κ3) is 4.18. The van der Waals surface area contributed by atoms with Crippen LogP contribution in [-0.4, -0.2) is 81.1 Å². The molecule has 2 saturated heterocycles. The third-order valence-corrected chi connectivity index (χ3v) is 9.63. The second-order valence-electron chi connectivity index (χ2n) is 10.1. The number of fused-ring (bicyclic) bond motifs is 2. The van der Waals surface area contributed by atoms with Gasteiger partial charge < -0.3 is 19.6 Å². The number of hydrogen-bond acceptors (Lipinski definition) is 6. The summed E-state index contributed by atoms with van der Waals surface area (Å²) in [4.78, 5) is 45.0. The highest BCUT2D eigenvalue weighted by Crippen LogP contribution is 2.61. The maximum atomic E-state index is 14.2. The Morgan fingerprint density at radius 1 is 1.14 bits per heavy atom. The molecule has 0 saturated carbocycles. The fourth-order valence-electron chi connectivity index (χ4n) is 6.24. The average Bonchev–Trinajstić information content (AvgIpc) is 3.19. The predicted octanol–water partition coefficient (Wildman–Crippen LogP) is 2.59. The highest BCUT2D eigenvalue weighted by Gasteiger charge is 2.71. The van der Waals surface area contributed by atoms with Crippen molar-refractivity contribution in [2.45, 2.75) is 54.7 Å². The molecule has 0 bridgehead atoms. The van der Waals surface area contributed by atoms with Gasteiger partial charge in [-0.1, -0.05) is 74.4 Å². The standard InChI is InChI=1S/C28H34N2O5S/c1-2-3-7-14-29-15-9-13-28-23(22-21(36-28)12-8-16-35-27(22)34)25(32)30(24(28)26(29)33)20(18-31)17-19-10-5-4-6-11-19/h4-6,8-13,20-24,31H,2-3,7,14-18H2,1H3/t20-,21+,22-,23+,24?,28+/m1/s1. The maximum absolute atomic E-state index is 14.2. The maximum Gasteiger partial charge on any atom is 0.311 e. The number of rotatable bonds is 8. The molecule has 4 aliphatic heterocycles. The number of thioether (sulfide) groups is 1. The number of carbonyl (C=O) groups excluding carboxylic acids is 3. The summed E-state index contributed by atoms with van der Waals surface area (Å²) in [6, 6.07) is 8.34. The van der Waals surface area contributed by atoms with Crippen LogP contribution in [0.2, 0.25) is 0 Å². The Morgan fingerprint density at radius 2 is 1.94 bits per heavy atom. The summed E-state index contributed by atoms with van der Waals surface area (Å²) in [7, 11) is 0. The number of hydrogen-bond donors (Lipinski definition) is 1. The minimum Gasteiger partial charge on any atom is -0.461 e. The van der Waals surface area contributed by atoms with E-state index in [9.17, 15) is 19.5 Å². The summed E-state index contributed by atoms with van der Waals surface area (Å²) in [6.45, 7) is 3.16. The van der Waals surface area contributed by atoms with E-state index in [0.717, 1.165) is 24.8 Å². The molecule has 0 radical (unpaired) electrons. The third-order valence-electron chi connectivity index (χ3n) is 7.88. The van der Waals surface area contributed by atoms with E-state index in [1.165, 1.54) is 11.8 Å². The molecule has 192 valence electrons. The molecule has 8 heteroatoms. The Bertz CT molecular complexity index is 1060. The molecule has 4 aliphatic rings. The van der Waals surface area contributed by atoms with Crippen LogP contribution in [0.4, 0.5) is 0 Å². The molecule has 0 aliphatic carbocycles. The smallest absolute Gasteiger partial charge is 0.311 e. The number of carbonyl (C=O) groups is 3. The number of aliphatic hydroxyl groups excluding tert-OH is 1. The fraction of sp³-hybridized carbons (Fsp3) is 0.536. The van der Waals surface area contributed by atoms with E-state index in [0.29, 0.717) is 19.5 Å². The number of unbranched alkanes of at least 4 members (excludes halogenated alkanes) is 2. The van der Waals surface area contributed by atoms with Crippen molar-refractivity contribution in [2.24, 2.45) is 11.8 Å². The molecule has 1 aromatic rings. The van der Waals surface area contributed by atoms with Gasteiger partial charge in [-0.25, -0.2) is 0 Å². The molecule has 1 unspecified atom stereocenters. The molecule has 0 aromatic heterocycles. The molecular formula is C28H34N2O5S. The summed E-state index contributed by atoms with van der Waals surface area (Å²) in [5.41, 5.74) is 0.981. The van der Waals surface area contributed by atoms with Crippen LogP contribution >= 0.6 is 11.8 Å². The number of aliphatic hydroxyl groups is 1. The van der Waals surface area contributed by atoms with Gasteiger partial charge in [0.05, 0.1) is 29.2 Å². The van der Waals surface area contributed by atoms with Gasteiger partial charge in [-0.15, -0.1) is 11.8 Å². The van der Waals surface area contributed by atoms with Gasteiger partial charge in [0.1, 0.15) is 12.6 Å². The predicted molar refractivity (Wildman–Crippen MR) is 138 cm³/mol. The van der Waals surface area contributed by atoms with Crippen LogP contribution in [-0.2, 0) is 25.5 Å². The van der Waals surface area contributed by atoms with Crippen LogP contribution in [0.3, 0.4) is 0 Å². The van der Waals surface area contributed by atoms with Crippen molar-refractivity contribution in [3.8, 4) is 0 Å². The molecule has 1 spiro atoms. The summed E-state index contributed by atoms with van der Waals surface area (Å²) in [6.07, 6.45) is 11.2. The Labute approximate surface area is 216 Å². The molecular weight excluding hydrogens is 476 g/mol. The first kappa shape index (κ1) is 25.1. The first-order valence-corrected chi connectivity index (χ1v) is 13.8. The van der Waals surface area contributed by atoms with Crippen LogP contribution in [0.25, 0.3) is 0 Å². The molecule has 4 heterocycles. The van der Waals surface area contributed by atoms with Gasteiger partial charge in [0.25, 0.3) is 0 Å². The molecule has 6 atom stereocenters. The molecule has 2 fully saturated rings. The molecule has 1 N–H and O–H groups in total. The van der Waals surface area contributed by atoms with Crippen LogP contribution in [0, 0.1) is 11.8 Å². The van der Waals surface area contributed by atoms with Crippen molar-refractivity contribution < 1.29 is 24.2 Å². The first-order valence-electron chi connectivity index (χ1n) is 13.0. The van der Waals surface area contributed by atoms with Gasteiger partial charge in [-0.2, -0.15) is 0 Å². The molecule has 1 aromatic carbocycles. The van der Waals surface area contributed by atoms with Gasteiger partial charge in [0.15, 0.2) is 0 Å². The largest absolute Gasteiger partial charge is 0.461 e. The Morgan fingerprint density at radius 3 is 2.69 bits per heavy atom. The Hall–Kier alpha value is -2.58. The lowest BCUT2D eigenvalue weighted by Gasteiger charge is -2.38. The van der Waals surface area contributed by atoms with Crippen molar-refractivity contribution in [3.63, 3.8) is 0 Å². The van der Waals surface area contributed by atoms with E-state index in [-0.39, 0.29) is 36.2 Å². The first-order chi connectivity index (χ1) is 17.5. The molecule has 7 nitrogen and oxygen atoms in total. The topological polar surface area (TPSA) is 87.2 Å². The van der Waals surface area contributed by atoms with E-state index in [1.807, 2.05) is 59.5 Å². The number of cyclic esters (lactones) is 1. The number of ether oxygens (including phenoxy) is 1. The second-order valence-corrected chi connectivity index (χ2v) is 11.6. The zero-order chi connectivity index (χ0) is 25.3. The lowest BCUT2D eigenvalue weighted by molar-refractivity contribution is -0.152. The quantitative estimate of drug-likeness (QED) is 0.329. The van der Waals surface area contributed by atoms with E-state index < -0.39 is 28.7 Å². The van der Waals surface area contributed by atoms with E-state index >= 15 is 0 Å². The minimum atomic E-state index is -0.881. The van der Waals surface area contributed by atoms with Gasteiger partial charge in [-0.3, -0.25) is 14.4 Å². The number of nitrogens with zero attached hydrogens (tertiary/aromatic N) is 2. The SMILES string of the molecule is CCCCCN1CC=C[C@]23S[C@H]4C=CCOC(=O)[C@H]4[C@H]2C(=O)N([C@@H](CO)Cc2ccccc2)C3C1=O. The van der Waals surface area contributed by atoms with Crippen LogP contribution < -0.4 is 0 Å². The number of esters is 1. The molecule has 2 amide bonds. The highest BCUT2D eigenvalue weighted by molar-refractivity contribution is 8.02. The van der Waals surface area contributed by atoms with E-state index in [2.05, 4.69) is 6.92 Å². The Kier molecular flexibility index (Phi) is 7.26. The van der Waals surface area contributed by atoms with Gasteiger partial charge in [0, 0.05) is 18.3 Å². The van der Waals surface area contributed by atoms with Crippen LogP contribution in [0.1, 0.15) is 31.7 Å². The van der Waals surface area contributed by atoms with Crippen LogP contribution in [0.15, 0.2) is 54.6 Å². The van der Waals surface area contributed by atoms with Crippen molar-refractivity contribution in [3.05, 3.63) is 60.2 Å². The summed E-state index contributed by atoms with van der Waals surface area (Å²) in [5.74, 6) is -2.10. The number of likely N-dealkylation sites (tertiary alicyclic amines) is 1. The van der Waals surface area contributed by atoms with Crippen molar-refractivity contribution in [2.75, 3.05) is 26.3 Å². The number of amides is 2. The van der Waals surface area contributed by atoms with Gasteiger partial charge in [0.2, 0.25) is 11.8 Å². The summed E-state index contributed by atoms with van der Waals surface area (Å²) >= 11 is 1.54. The zero-order valence-electron chi connectivity index (χ0n) is 20.6. The number of benzene rings is 1. The fourth-order valence-corrected chi connectivity index (χ4v) is 8.23. The van der Waals surface area contributed by atoms with Crippen LogP contribution in [0.5, 0.6) is 0 Å². The molecule has 36 heavy (non-hydrogen) atoms. The highest BCUT2D eigenvalue weighted by atomic mass is 32.2. The zero-order valence-corrected chi connectivity index (χ0v) is 21.4. The molecule has 5 rings (SSSR count). The average molecular weight is 511 g/mol. The summed E-state index contributed by atoms with van der Waals surface area (Å²) < 4.78 is 4.55. The van der Waals surface area contributed by atoms with Gasteiger partial charge in [-0.05, 0) is 18.4 Å². The minimum absolute atomic E-state index is 0.0974. The van der Waals surface area contributed by atoms with Crippen molar-refractivity contribution in [1.82, 2.24) is 9.80 Å². The summed E-state index contributed by atoms with van der Waals surface area (Å²) in [5, 5.41) is 10.3.